The Morgan fingerprint density at radius 1 is 1.17 bits per heavy atom. The normalized spacial score (nSPS) is 11.0. The summed E-state index contributed by atoms with van der Waals surface area (Å²) < 4.78 is 1.15. The molecular weight excluding hydrogens is 242 g/mol. The van der Waals surface area contributed by atoms with Crippen LogP contribution < -0.4 is 10.3 Å². The number of nitrogens with one attached hydrogen (secondary N) is 1. The van der Waals surface area contributed by atoms with Gasteiger partial charge in [0.25, 0.3) is 0 Å². The first-order chi connectivity index (χ1) is 8.65. The summed E-state index contributed by atoms with van der Waals surface area (Å²) in [4.78, 5) is 7.79. The smallest absolute Gasteiger partial charge is 0.104 e. The van der Waals surface area contributed by atoms with E-state index in [9.17, 15) is 0 Å². The van der Waals surface area contributed by atoms with Crippen molar-refractivity contribution in [3.63, 3.8) is 0 Å². The summed E-state index contributed by atoms with van der Waals surface area (Å²) in [5.41, 5.74) is 2.98. The summed E-state index contributed by atoms with van der Waals surface area (Å²) in [6.45, 7) is 0. The third kappa shape index (κ3) is 1.75. The lowest BCUT2D eigenvalue weighted by atomic mass is 10.2. The van der Waals surface area contributed by atoms with Gasteiger partial charge in [-0.05, 0) is 24.3 Å². The number of para-hydroxylation sites is 1. The number of nitrogens with zero attached hydrogens (tertiary/aromatic N) is 2. The number of hydrogen-bond acceptors (Lipinski definition) is 4. The van der Waals surface area contributed by atoms with E-state index in [1.54, 1.807) is 11.3 Å². The second-order valence-corrected chi connectivity index (χ2v) is 5.50. The minimum Gasteiger partial charge on any atom is -0.376 e. The summed E-state index contributed by atoms with van der Waals surface area (Å²) in [5.74, 6) is 0. The third-order valence-electron chi connectivity index (χ3n) is 2.85. The molecule has 0 fully saturated rings. The van der Waals surface area contributed by atoms with E-state index in [2.05, 4.69) is 6.07 Å². The predicted octanol–water partition coefficient (Wildman–Crippen LogP) is 2.95. The zero-order chi connectivity index (χ0) is 12.7. The van der Waals surface area contributed by atoms with Crippen LogP contribution in [0.1, 0.15) is 0 Å². The van der Waals surface area contributed by atoms with Crippen molar-refractivity contribution in [3.8, 4) is 10.6 Å². The SMILES string of the molecule is CN(C)c1cc(=N)cc2sc3ccccc3nc1-2. The van der Waals surface area contributed by atoms with Crippen LogP contribution >= 0.6 is 11.3 Å². The molecule has 0 spiro atoms. The molecule has 18 heavy (non-hydrogen) atoms. The molecule has 3 nitrogen and oxygen atoms in total. The molecule has 0 atom stereocenters. The number of rotatable bonds is 1. The summed E-state index contributed by atoms with van der Waals surface area (Å²) in [6, 6.07) is 11.9. The maximum absolute atomic E-state index is 7.87. The highest BCUT2D eigenvalue weighted by Crippen LogP contribution is 2.34. The van der Waals surface area contributed by atoms with E-state index in [1.165, 1.54) is 0 Å². The van der Waals surface area contributed by atoms with Gasteiger partial charge in [0.1, 0.15) is 5.69 Å². The average Bonchev–Trinajstić information content (AvgIpc) is 2.35. The Bertz CT molecular complexity index is 746. The highest BCUT2D eigenvalue weighted by molar-refractivity contribution is 7.21. The van der Waals surface area contributed by atoms with E-state index >= 15 is 0 Å². The van der Waals surface area contributed by atoms with Crippen LogP contribution in [0.25, 0.3) is 20.8 Å². The van der Waals surface area contributed by atoms with Crippen molar-refractivity contribution < 1.29 is 0 Å². The fourth-order valence-corrected chi connectivity index (χ4v) is 3.03. The van der Waals surface area contributed by atoms with Crippen molar-refractivity contribution in [1.29, 1.82) is 5.41 Å². The van der Waals surface area contributed by atoms with Gasteiger partial charge in [0.15, 0.2) is 0 Å². The standard InChI is InChI=1S/C14H13N3S/c1-17(2)11-7-9(15)8-13-14(11)16-10-5-3-4-6-12(10)18-13/h3-8,15H,1-2H3. The van der Waals surface area contributed by atoms with E-state index < -0.39 is 0 Å². The van der Waals surface area contributed by atoms with E-state index in [0.717, 1.165) is 26.5 Å². The van der Waals surface area contributed by atoms with Crippen LogP contribution in [0.5, 0.6) is 0 Å². The summed E-state index contributed by atoms with van der Waals surface area (Å²) in [6.07, 6.45) is 0. The first-order valence-electron chi connectivity index (χ1n) is 5.71. The lowest BCUT2D eigenvalue weighted by Gasteiger charge is -2.17. The van der Waals surface area contributed by atoms with Gasteiger partial charge in [0.2, 0.25) is 0 Å². The number of fused-ring (bicyclic) bond motifs is 2. The van der Waals surface area contributed by atoms with E-state index in [1.807, 2.05) is 49.3 Å². The molecule has 90 valence electrons. The zero-order valence-electron chi connectivity index (χ0n) is 10.3. The van der Waals surface area contributed by atoms with Crippen molar-refractivity contribution in [2.75, 3.05) is 19.0 Å². The van der Waals surface area contributed by atoms with Gasteiger partial charge in [-0.3, -0.25) is 0 Å². The Balaban J connectivity index is 2.45. The Labute approximate surface area is 109 Å². The van der Waals surface area contributed by atoms with Crippen molar-refractivity contribution in [2.24, 2.45) is 0 Å². The summed E-state index contributed by atoms with van der Waals surface area (Å²) in [7, 11) is 3.96. The van der Waals surface area contributed by atoms with Crippen LogP contribution in [-0.4, -0.2) is 19.1 Å². The monoisotopic (exact) mass is 255 g/mol. The third-order valence-corrected chi connectivity index (χ3v) is 3.95. The molecule has 1 N–H and O–H groups in total. The number of hydrogen-bond donors (Lipinski definition) is 1. The second kappa shape index (κ2) is 4.07. The van der Waals surface area contributed by atoms with Crippen molar-refractivity contribution in [3.05, 3.63) is 41.8 Å². The maximum Gasteiger partial charge on any atom is 0.104 e. The maximum atomic E-state index is 7.87. The Hall–Kier alpha value is -1.94. The van der Waals surface area contributed by atoms with Crippen LogP contribution in [0.4, 0.5) is 5.69 Å². The first kappa shape index (κ1) is 11.2. The minimum atomic E-state index is 0.527. The predicted molar refractivity (Wildman–Crippen MR) is 76.4 cm³/mol. The van der Waals surface area contributed by atoms with Gasteiger partial charge in [0.05, 0.1) is 26.1 Å². The molecule has 0 amide bonds. The van der Waals surface area contributed by atoms with Gasteiger partial charge >= 0.3 is 0 Å². The Morgan fingerprint density at radius 2 is 1.94 bits per heavy atom. The molecule has 4 heteroatoms. The van der Waals surface area contributed by atoms with Crippen LogP contribution in [0, 0.1) is 5.41 Å². The van der Waals surface area contributed by atoms with E-state index in [4.69, 9.17) is 10.4 Å². The molecule has 0 aromatic heterocycles. The first-order valence-corrected chi connectivity index (χ1v) is 6.52. The molecule has 0 radical (unpaired) electrons. The fourth-order valence-electron chi connectivity index (χ4n) is 2.00. The van der Waals surface area contributed by atoms with Gasteiger partial charge < -0.3 is 10.3 Å². The minimum absolute atomic E-state index is 0.527. The quantitative estimate of drug-likeness (QED) is 0.679. The molecule has 0 bridgehead atoms. The highest BCUT2D eigenvalue weighted by atomic mass is 32.1. The molecule has 2 aliphatic rings. The van der Waals surface area contributed by atoms with Crippen LogP contribution in [-0.2, 0) is 0 Å². The molecule has 1 aliphatic carbocycles. The summed E-state index contributed by atoms with van der Waals surface area (Å²) >= 11 is 1.69. The molecule has 1 heterocycles. The lowest BCUT2D eigenvalue weighted by Crippen LogP contribution is -2.14. The number of aromatic nitrogens is 1. The molecular formula is C14H13N3S. The molecule has 0 saturated carbocycles. The zero-order valence-corrected chi connectivity index (χ0v) is 11.1. The average molecular weight is 255 g/mol. The lowest BCUT2D eigenvalue weighted by molar-refractivity contribution is 1.11. The number of benzene rings is 2. The van der Waals surface area contributed by atoms with Crippen LogP contribution in [0.2, 0.25) is 0 Å². The van der Waals surface area contributed by atoms with Gasteiger partial charge in [-0.2, -0.15) is 0 Å². The van der Waals surface area contributed by atoms with E-state index in [0.29, 0.717) is 5.36 Å². The van der Waals surface area contributed by atoms with Crippen molar-refractivity contribution in [1.82, 2.24) is 4.98 Å². The Morgan fingerprint density at radius 3 is 2.72 bits per heavy atom. The summed E-state index contributed by atoms with van der Waals surface area (Å²) in [5, 5.41) is 8.40. The number of anilines is 1. The molecule has 1 aromatic carbocycles. The fraction of sp³-hybridized carbons (Fsp3) is 0.143. The van der Waals surface area contributed by atoms with Gasteiger partial charge in [-0.25, -0.2) is 4.98 Å². The van der Waals surface area contributed by atoms with Gasteiger partial charge in [-0.1, -0.05) is 12.1 Å². The van der Waals surface area contributed by atoms with Crippen molar-refractivity contribution >= 4 is 27.2 Å². The molecule has 0 saturated heterocycles. The van der Waals surface area contributed by atoms with Crippen molar-refractivity contribution in [2.45, 2.75) is 0 Å². The van der Waals surface area contributed by atoms with Crippen LogP contribution in [0.15, 0.2) is 36.4 Å². The highest BCUT2D eigenvalue weighted by Gasteiger charge is 2.13. The topological polar surface area (TPSA) is 40.0 Å². The Kier molecular flexibility index (Phi) is 2.52. The molecule has 3 rings (SSSR count). The molecule has 0 unspecified atom stereocenters. The van der Waals surface area contributed by atoms with Gasteiger partial charge in [-0.15, -0.1) is 11.3 Å². The molecule has 1 aromatic rings. The second-order valence-electron chi connectivity index (χ2n) is 4.42. The van der Waals surface area contributed by atoms with Crippen LogP contribution in [0.3, 0.4) is 0 Å². The van der Waals surface area contributed by atoms with Gasteiger partial charge in [0, 0.05) is 14.1 Å². The van der Waals surface area contributed by atoms with E-state index in [-0.39, 0.29) is 0 Å². The largest absolute Gasteiger partial charge is 0.376 e. The molecule has 1 aliphatic heterocycles.